The molecule has 0 radical (unpaired) electrons. The number of ether oxygens (including phenoxy) is 2. The van der Waals surface area contributed by atoms with E-state index in [1.165, 1.54) is 29.3 Å². The van der Waals surface area contributed by atoms with Gasteiger partial charge in [-0.05, 0) is 49.6 Å². The van der Waals surface area contributed by atoms with Crippen molar-refractivity contribution in [1.82, 2.24) is 10.3 Å². The zero-order chi connectivity index (χ0) is 13.8. The Labute approximate surface area is 119 Å². The zero-order valence-corrected chi connectivity index (χ0v) is 11.9. The van der Waals surface area contributed by atoms with Gasteiger partial charge in [-0.15, -0.1) is 0 Å². The van der Waals surface area contributed by atoms with Crippen LogP contribution in [0, 0.1) is 0 Å². The summed E-state index contributed by atoms with van der Waals surface area (Å²) in [7, 11) is 1.71. The summed E-state index contributed by atoms with van der Waals surface area (Å²) in [5.41, 5.74) is 2.50. The summed E-state index contributed by atoms with van der Waals surface area (Å²) in [5.74, 6) is 0.908. The van der Waals surface area contributed by atoms with Crippen molar-refractivity contribution < 1.29 is 9.47 Å². The Kier molecular flexibility index (Phi) is 4.23. The minimum atomic E-state index is 0.415. The van der Waals surface area contributed by atoms with Crippen LogP contribution in [-0.4, -0.2) is 37.9 Å². The first-order chi connectivity index (χ1) is 9.86. The van der Waals surface area contributed by atoms with Crippen molar-refractivity contribution in [3.63, 3.8) is 0 Å². The van der Waals surface area contributed by atoms with E-state index in [0.717, 1.165) is 31.9 Å². The highest BCUT2D eigenvalue weighted by atomic mass is 16.5. The van der Waals surface area contributed by atoms with Crippen molar-refractivity contribution in [1.29, 1.82) is 0 Å². The molecular formula is C16H22N2O2. The van der Waals surface area contributed by atoms with E-state index in [0.29, 0.717) is 6.10 Å². The van der Waals surface area contributed by atoms with Crippen LogP contribution in [0.5, 0.6) is 5.75 Å². The number of methoxy groups -OCH3 is 1. The van der Waals surface area contributed by atoms with Gasteiger partial charge in [0, 0.05) is 30.3 Å². The van der Waals surface area contributed by atoms with Gasteiger partial charge in [0.1, 0.15) is 5.75 Å². The van der Waals surface area contributed by atoms with E-state index in [1.54, 1.807) is 7.11 Å². The molecule has 1 aliphatic rings. The molecule has 0 amide bonds. The largest absolute Gasteiger partial charge is 0.497 e. The maximum atomic E-state index is 5.61. The van der Waals surface area contributed by atoms with Crippen molar-refractivity contribution in [3.05, 3.63) is 30.0 Å². The van der Waals surface area contributed by atoms with Crippen molar-refractivity contribution in [2.75, 3.05) is 26.8 Å². The van der Waals surface area contributed by atoms with Crippen LogP contribution in [0.25, 0.3) is 10.9 Å². The molecule has 2 N–H and O–H groups in total. The highest BCUT2D eigenvalue weighted by Crippen LogP contribution is 2.23. The Morgan fingerprint density at radius 2 is 2.40 bits per heavy atom. The van der Waals surface area contributed by atoms with E-state index in [-0.39, 0.29) is 0 Å². The van der Waals surface area contributed by atoms with Crippen LogP contribution < -0.4 is 10.1 Å². The summed E-state index contributed by atoms with van der Waals surface area (Å²) in [6.07, 6.45) is 5.92. The fourth-order valence-corrected chi connectivity index (χ4v) is 2.78. The van der Waals surface area contributed by atoms with Crippen LogP contribution in [0.2, 0.25) is 0 Å². The Morgan fingerprint density at radius 3 is 3.20 bits per heavy atom. The molecule has 1 unspecified atom stereocenters. The number of aromatic amines is 1. The third-order valence-corrected chi connectivity index (χ3v) is 3.94. The lowest BCUT2D eigenvalue weighted by Crippen LogP contribution is -2.27. The minimum absolute atomic E-state index is 0.415. The SMILES string of the molecule is COc1ccc2[nH]cc(CCNCC3CCCO3)c2c1. The van der Waals surface area contributed by atoms with Crippen molar-refractivity contribution in [2.24, 2.45) is 0 Å². The van der Waals surface area contributed by atoms with E-state index in [4.69, 9.17) is 9.47 Å². The third-order valence-electron chi connectivity index (χ3n) is 3.94. The van der Waals surface area contributed by atoms with E-state index in [9.17, 15) is 0 Å². The Hall–Kier alpha value is -1.52. The number of nitrogens with one attached hydrogen (secondary N) is 2. The molecule has 1 saturated heterocycles. The maximum absolute atomic E-state index is 5.61. The number of rotatable bonds is 6. The molecule has 1 atom stereocenters. The summed E-state index contributed by atoms with van der Waals surface area (Å²) in [5, 5.41) is 4.74. The van der Waals surface area contributed by atoms with Gasteiger partial charge in [0.15, 0.2) is 0 Å². The number of H-pyrrole nitrogens is 1. The average molecular weight is 274 g/mol. The first-order valence-electron chi connectivity index (χ1n) is 7.33. The molecule has 0 saturated carbocycles. The second-order valence-electron chi connectivity index (χ2n) is 5.31. The van der Waals surface area contributed by atoms with Crippen LogP contribution in [0.4, 0.5) is 0 Å². The zero-order valence-electron chi connectivity index (χ0n) is 11.9. The molecule has 20 heavy (non-hydrogen) atoms. The van der Waals surface area contributed by atoms with E-state index in [1.807, 2.05) is 6.07 Å². The molecule has 4 nitrogen and oxygen atoms in total. The lowest BCUT2D eigenvalue weighted by atomic mass is 10.1. The van der Waals surface area contributed by atoms with Gasteiger partial charge in [-0.2, -0.15) is 0 Å². The van der Waals surface area contributed by atoms with Crippen LogP contribution in [0.3, 0.4) is 0 Å². The summed E-state index contributed by atoms with van der Waals surface area (Å²) < 4.78 is 10.9. The topological polar surface area (TPSA) is 46.3 Å². The molecule has 1 aromatic carbocycles. The number of hydrogen-bond acceptors (Lipinski definition) is 3. The minimum Gasteiger partial charge on any atom is -0.497 e. The van der Waals surface area contributed by atoms with E-state index >= 15 is 0 Å². The monoisotopic (exact) mass is 274 g/mol. The Bertz CT molecular complexity index is 559. The first kappa shape index (κ1) is 13.5. The Morgan fingerprint density at radius 1 is 1.45 bits per heavy atom. The summed E-state index contributed by atoms with van der Waals surface area (Å²) in [6, 6.07) is 6.15. The van der Waals surface area contributed by atoms with Gasteiger partial charge >= 0.3 is 0 Å². The quantitative estimate of drug-likeness (QED) is 0.796. The molecular weight excluding hydrogens is 252 g/mol. The predicted molar refractivity (Wildman–Crippen MR) is 80.4 cm³/mol. The van der Waals surface area contributed by atoms with Gasteiger partial charge < -0.3 is 19.8 Å². The normalized spacial score (nSPS) is 18.8. The van der Waals surface area contributed by atoms with Crippen LogP contribution in [0.1, 0.15) is 18.4 Å². The van der Waals surface area contributed by atoms with Crippen LogP contribution in [-0.2, 0) is 11.2 Å². The number of benzene rings is 1. The second-order valence-corrected chi connectivity index (χ2v) is 5.31. The molecule has 4 heteroatoms. The molecule has 2 aromatic rings. The van der Waals surface area contributed by atoms with E-state index < -0.39 is 0 Å². The molecule has 108 valence electrons. The van der Waals surface area contributed by atoms with Crippen molar-refractivity contribution in [2.45, 2.75) is 25.4 Å². The standard InChI is InChI=1S/C16H22N2O2/c1-19-13-4-5-16-15(9-13)12(10-18-16)6-7-17-11-14-3-2-8-20-14/h4-5,9-10,14,17-18H,2-3,6-8,11H2,1H3. The molecule has 2 heterocycles. The molecule has 3 rings (SSSR count). The van der Waals surface area contributed by atoms with Crippen molar-refractivity contribution >= 4 is 10.9 Å². The predicted octanol–water partition coefficient (Wildman–Crippen LogP) is 2.49. The molecule has 0 spiro atoms. The van der Waals surface area contributed by atoms with Crippen molar-refractivity contribution in [3.8, 4) is 5.75 Å². The molecule has 0 bridgehead atoms. The average Bonchev–Trinajstić information content (AvgIpc) is 3.13. The van der Waals surface area contributed by atoms with Gasteiger partial charge in [-0.1, -0.05) is 0 Å². The fourth-order valence-electron chi connectivity index (χ4n) is 2.78. The third kappa shape index (κ3) is 2.97. The van der Waals surface area contributed by atoms with Gasteiger partial charge in [-0.3, -0.25) is 0 Å². The van der Waals surface area contributed by atoms with Gasteiger partial charge in [-0.25, -0.2) is 0 Å². The van der Waals surface area contributed by atoms with Gasteiger partial charge in [0.25, 0.3) is 0 Å². The summed E-state index contributed by atoms with van der Waals surface area (Å²) in [6.45, 7) is 2.87. The smallest absolute Gasteiger partial charge is 0.119 e. The summed E-state index contributed by atoms with van der Waals surface area (Å²) in [4.78, 5) is 3.31. The molecule has 1 fully saturated rings. The Balaban J connectivity index is 1.56. The highest BCUT2D eigenvalue weighted by molar-refractivity contribution is 5.84. The lowest BCUT2D eigenvalue weighted by Gasteiger charge is -2.10. The molecule has 1 aromatic heterocycles. The number of fused-ring (bicyclic) bond motifs is 1. The van der Waals surface area contributed by atoms with Gasteiger partial charge in [0.2, 0.25) is 0 Å². The second kappa shape index (κ2) is 6.29. The fraction of sp³-hybridized carbons (Fsp3) is 0.500. The van der Waals surface area contributed by atoms with Crippen LogP contribution >= 0.6 is 0 Å². The van der Waals surface area contributed by atoms with Crippen LogP contribution in [0.15, 0.2) is 24.4 Å². The molecule has 1 aliphatic heterocycles. The maximum Gasteiger partial charge on any atom is 0.119 e. The lowest BCUT2D eigenvalue weighted by molar-refractivity contribution is 0.110. The number of hydrogen-bond donors (Lipinski definition) is 2. The molecule has 0 aliphatic carbocycles. The first-order valence-corrected chi connectivity index (χ1v) is 7.33. The number of aromatic nitrogens is 1. The van der Waals surface area contributed by atoms with E-state index in [2.05, 4.69) is 28.6 Å². The summed E-state index contributed by atoms with van der Waals surface area (Å²) >= 11 is 0. The van der Waals surface area contributed by atoms with Gasteiger partial charge in [0.05, 0.1) is 13.2 Å². The highest BCUT2D eigenvalue weighted by Gasteiger charge is 2.14.